The number of hydrogen-bond acceptors (Lipinski definition) is 10. The highest BCUT2D eigenvalue weighted by Gasteiger charge is 2.41. The summed E-state index contributed by atoms with van der Waals surface area (Å²) in [6, 6.07) is 20.1. The number of imidazole rings is 1. The molecule has 8 N–H and O–H groups in total. The van der Waals surface area contributed by atoms with Crippen molar-refractivity contribution in [2.24, 2.45) is 5.73 Å². The van der Waals surface area contributed by atoms with Crippen LogP contribution in [-0.2, 0) is 4.79 Å². The van der Waals surface area contributed by atoms with Gasteiger partial charge in [0.25, 0.3) is 0 Å². The number of aliphatic hydroxyl groups is 2. The van der Waals surface area contributed by atoms with Gasteiger partial charge in [0, 0.05) is 31.1 Å². The first-order valence-corrected chi connectivity index (χ1v) is 14.5. The number of aliphatic carboxylic acids is 1. The molecule has 0 bridgehead atoms. The molecule has 0 spiro atoms. The fourth-order valence-corrected chi connectivity index (χ4v) is 5.62. The van der Waals surface area contributed by atoms with Gasteiger partial charge in [-0.1, -0.05) is 60.7 Å². The number of benzene rings is 2. The summed E-state index contributed by atoms with van der Waals surface area (Å²) < 4.78 is 33.6. The van der Waals surface area contributed by atoms with Gasteiger partial charge in [0.1, 0.15) is 6.10 Å². The van der Waals surface area contributed by atoms with Crippen LogP contribution in [0.25, 0.3) is 11.2 Å². The molecular formula is C30H35F3N8O4. The van der Waals surface area contributed by atoms with E-state index in [1.54, 1.807) is 6.33 Å². The van der Waals surface area contributed by atoms with E-state index in [1.165, 1.54) is 11.1 Å². The summed E-state index contributed by atoms with van der Waals surface area (Å²) in [7, 11) is 0. The molecule has 0 amide bonds. The summed E-state index contributed by atoms with van der Waals surface area (Å²) in [6.07, 6.45) is -3.99. The molecule has 1 saturated carbocycles. The van der Waals surface area contributed by atoms with E-state index in [1.807, 2.05) is 16.7 Å². The number of fused-ring (bicyclic) bond motifs is 1. The molecule has 2 aromatic carbocycles. The van der Waals surface area contributed by atoms with Crippen LogP contribution >= 0.6 is 0 Å². The maximum absolute atomic E-state index is 10.7. The van der Waals surface area contributed by atoms with Gasteiger partial charge in [0.05, 0.1) is 18.5 Å². The van der Waals surface area contributed by atoms with E-state index in [9.17, 15) is 23.4 Å². The van der Waals surface area contributed by atoms with Gasteiger partial charge in [-0.3, -0.25) is 0 Å². The molecule has 2 aliphatic rings. The van der Waals surface area contributed by atoms with Crippen LogP contribution in [0.4, 0.5) is 24.9 Å². The maximum Gasteiger partial charge on any atom is 0.490 e. The van der Waals surface area contributed by atoms with Crippen LogP contribution in [0.3, 0.4) is 0 Å². The number of aliphatic hydroxyl groups excluding tert-OH is 2. The average molecular weight is 629 g/mol. The second-order valence-electron chi connectivity index (χ2n) is 11.1. The molecule has 15 heteroatoms. The van der Waals surface area contributed by atoms with E-state index in [2.05, 4.69) is 69.5 Å². The lowest BCUT2D eigenvalue weighted by Crippen LogP contribution is -2.35. The van der Waals surface area contributed by atoms with Gasteiger partial charge >= 0.3 is 12.1 Å². The van der Waals surface area contributed by atoms with E-state index >= 15 is 0 Å². The van der Waals surface area contributed by atoms with Crippen molar-refractivity contribution < 1.29 is 33.3 Å². The summed E-state index contributed by atoms with van der Waals surface area (Å²) in [6.45, 7) is 2.39. The van der Waals surface area contributed by atoms with Crippen LogP contribution < -0.4 is 21.7 Å². The average Bonchev–Trinajstić information content (AvgIpc) is 3.75. The summed E-state index contributed by atoms with van der Waals surface area (Å²) in [5.41, 5.74) is 9.68. The van der Waals surface area contributed by atoms with E-state index in [0.717, 1.165) is 19.5 Å². The summed E-state index contributed by atoms with van der Waals surface area (Å²) in [5, 5.41) is 38.5. The molecule has 0 unspecified atom stereocenters. The Hall–Kier alpha value is -4.31. The number of halogens is 3. The van der Waals surface area contributed by atoms with Crippen LogP contribution in [-0.4, -0.2) is 90.9 Å². The van der Waals surface area contributed by atoms with Crippen molar-refractivity contribution in [2.45, 2.75) is 55.3 Å². The van der Waals surface area contributed by atoms with Gasteiger partial charge in [0.15, 0.2) is 17.0 Å². The molecule has 1 saturated heterocycles. The fraction of sp³-hybridized carbons (Fsp3) is 0.400. The number of rotatable bonds is 8. The third-order valence-electron chi connectivity index (χ3n) is 7.99. The zero-order valence-corrected chi connectivity index (χ0v) is 24.1. The van der Waals surface area contributed by atoms with E-state index in [-0.39, 0.29) is 12.0 Å². The summed E-state index contributed by atoms with van der Waals surface area (Å²) >= 11 is 0. The van der Waals surface area contributed by atoms with Crippen molar-refractivity contribution in [3.8, 4) is 0 Å². The Morgan fingerprint density at radius 3 is 2.18 bits per heavy atom. The topological polar surface area (TPSA) is 183 Å². The molecule has 4 aromatic rings. The fourth-order valence-electron chi connectivity index (χ4n) is 5.62. The highest BCUT2D eigenvalue weighted by molar-refractivity contribution is 5.84. The first-order chi connectivity index (χ1) is 21.5. The zero-order chi connectivity index (χ0) is 32.1. The van der Waals surface area contributed by atoms with Gasteiger partial charge < -0.3 is 41.6 Å². The smallest absolute Gasteiger partial charge is 0.475 e. The Bertz CT molecular complexity index is 1530. The van der Waals surface area contributed by atoms with Crippen LogP contribution in [0.5, 0.6) is 0 Å². The number of alkyl halides is 3. The minimum atomic E-state index is -5.08. The van der Waals surface area contributed by atoms with Gasteiger partial charge in [-0.25, -0.2) is 9.78 Å². The third kappa shape index (κ3) is 7.50. The minimum absolute atomic E-state index is 0.102. The summed E-state index contributed by atoms with van der Waals surface area (Å²) in [5.74, 6) is -1.53. The van der Waals surface area contributed by atoms with Crippen molar-refractivity contribution in [1.82, 2.24) is 24.8 Å². The SMILES string of the molecule is N[C@H]1C[C@@H](n2cnc3c(NCC(c4ccccc4)c4ccccc4)nc(N[C@@H]4CCNC4)nc32)[C@H](O)[C@@H]1O.O=C(O)C(F)(F)F. The molecular weight excluding hydrogens is 593 g/mol. The number of hydrogen-bond donors (Lipinski definition) is 7. The monoisotopic (exact) mass is 628 g/mol. The lowest BCUT2D eigenvalue weighted by molar-refractivity contribution is -0.192. The van der Waals surface area contributed by atoms with Crippen LogP contribution in [0.15, 0.2) is 67.0 Å². The quantitative estimate of drug-likeness (QED) is 0.152. The van der Waals surface area contributed by atoms with Gasteiger partial charge in [-0.2, -0.15) is 23.1 Å². The van der Waals surface area contributed by atoms with Gasteiger partial charge in [-0.15, -0.1) is 0 Å². The van der Waals surface area contributed by atoms with Crippen LogP contribution in [0.1, 0.15) is 35.9 Å². The molecule has 2 aromatic heterocycles. The predicted molar refractivity (Wildman–Crippen MR) is 161 cm³/mol. The highest BCUT2D eigenvalue weighted by atomic mass is 19.4. The summed E-state index contributed by atoms with van der Waals surface area (Å²) in [4.78, 5) is 23.2. The number of aromatic nitrogens is 4. The normalized spacial score (nSPS) is 23.1. The Morgan fingerprint density at radius 1 is 1.04 bits per heavy atom. The molecule has 0 radical (unpaired) electrons. The molecule has 2 fully saturated rings. The van der Waals surface area contributed by atoms with E-state index in [4.69, 9.17) is 25.6 Å². The van der Waals surface area contributed by atoms with Crippen LogP contribution in [0.2, 0.25) is 0 Å². The number of carboxylic acid groups (broad SMARTS) is 1. The molecule has 1 aliphatic heterocycles. The molecule has 3 heterocycles. The molecule has 1 aliphatic carbocycles. The minimum Gasteiger partial charge on any atom is -0.475 e. The third-order valence-corrected chi connectivity index (χ3v) is 7.99. The predicted octanol–water partition coefficient (Wildman–Crippen LogP) is 2.47. The van der Waals surface area contributed by atoms with Crippen LogP contribution in [0, 0.1) is 0 Å². The lowest BCUT2D eigenvalue weighted by Gasteiger charge is -2.21. The first-order valence-electron chi connectivity index (χ1n) is 14.5. The lowest BCUT2D eigenvalue weighted by atomic mass is 9.91. The zero-order valence-electron chi connectivity index (χ0n) is 24.1. The molecule has 45 heavy (non-hydrogen) atoms. The largest absolute Gasteiger partial charge is 0.490 e. The van der Waals surface area contributed by atoms with Crippen molar-refractivity contribution in [2.75, 3.05) is 30.3 Å². The number of anilines is 2. The van der Waals surface area contributed by atoms with E-state index < -0.39 is 36.4 Å². The number of carboxylic acids is 1. The van der Waals surface area contributed by atoms with Gasteiger partial charge in [-0.05, 0) is 30.5 Å². The number of carbonyl (C=O) groups is 1. The molecule has 12 nitrogen and oxygen atoms in total. The Kier molecular flexibility index (Phi) is 9.82. The van der Waals surface area contributed by atoms with Crippen molar-refractivity contribution in [3.63, 3.8) is 0 Å². The van der Waals surface area contributed by atoms with Crippen molar-refractivity contribution in [3.05, 3.63) is 78.1 Å². The first kappa shape index (κ1) is 32.1. The second kappa shape index (κ2) is 13.8. The Morgan fingerprint density at radius 2 is 1.67 bits per heavy atom. The van der Waals surface area contributed by atoms with Crippen molar-refractivity contribution >= 4 is 28.9 Å². The second-order valence-corrected chi connectivity index (χ2v) is 11.1. The number of nitrogens with two attached hydrogens (primary N) is 1. The number of nitrogens with one attached hydrogen (secondary N) is 3. The Labute approximate surface area is 256 Å². The maximum atomic E-state index is 10.7. The van der Waals surface area contributed by atoms with Crippen molar-refractivity contribution in [1.29, 1.82) is 0 Å². The molecule has 6 rings (SSSR count). The van der Waals surface area contributed by atoms with E-state index in [0.29, 0.717) is 35.9 Å². The Balaban J connectivity index is 0.000000515. The van der Waals surface area contributed by atoms with Gasteiger partial charge in [0.2, 0.25) is 5.95 Å². The number of nitrogens with zero attached hydrogens (tertiary/aromatic N) is 4. The molecule has 5 atom stereocenters. The standard InChI is InChI=1S/C28H34N8O2.C2HF3O2/c29-21-13-22(25(38)24(21)37)36-16-32-23-26(34-28(35-27(23)36)33-19-11-12-30-14-19)31-15-20(17-7-3-1-4-8-17)18-9-5-2-6-10-18;3-2(4,5)1(6)7/h1-10,16,19-22,24-25,30,37-38H,11-15,29H2,(H2,31,33,34,35);(H,6,7)/t19-,21+,22-,24-,25+;/m1./s1. The highest BCUT2D eigenvalue weighted by Crippen LogP contribution is 2.34. The molecule has 240 valence electrons.